The van der Waals surface area contributed by atoms with Crippen LogP contribution in [0.2, 0.25) is 0 Å². The molecule has 1 aromatic heterocycles. The molecule has 2 aliphatic rings. The van der Waals surface area contributed by atoms with E-state index >= 15 is 0 Å². The third-order valence-corrected chi connectivity index (χ3v) is 5.59. The zero-order chi connectivity index (χ0) is 11.9. The van der Waals surface area contributed by atoms with Crippen molar-refractivity contribution in [3.05, 3.63) is 21.9 Å². The highest BCUT2D eigenvalue weighted by Crippen LogP contribution is 2.48. The molecule has 3 rings (SSSR count). The Morgan fingerprint density at radius 3 is 2.53 bits per heavy atom. The number of aryl methyl sites for hydroxylation is 1. The second kappa shape index (κ2) is 4.21. The maximum absolute atomic E-state index is 11.4. The molecule has 2 heterocycles. The SMILES string of the molecule is Cc1ccsc1C1(C2CCC(=O)CC2)COC1. The Balaban J connectivity index is 1.87. The van der Waals surface area contributed by atoms with Gasteiger partial charge in [0, 0.05) is 17.7 Å². The highest BCUT2D eigenvalue weighted by molar-refractivity contribution is 7.10. The monoisotopic (exact) mass is 250 g/mol. The normalized spacial score (nSPS) is 24.6. The van der Waals surface area contributed by atoms with Crippen molar-refractivity contribution in [2.75, 3.05) is 13.2 Å². The van der Waals surface area contributed by atoms with E-state index in [0.717, 1.165) is 38.9 Å². The molecule has 0 N–H and O–H groups in total. The van der Waals surface area contributed by atoms with Gasteiger partial charge in [0.15, 0.2) is 0 Å². The summed E-state index contributed by atoms with van der Waals surface area (Å²) in [5, 5.41) is 2.18. The van der Waals surface area contributed by atoms with E-state index in [1.165, 1.54) is 10.4 Å². The minimum atomic E-state index is 0.235. The number of hydrogen-bond donors (Lipinski definition) is 0. The number of thiophene rings is 1. The van der Waals surface area contributed by atoms with Gasteiger partial charge < -0.3 is 4.74 Å². The molecule has 0 bridgehead atoms. The Morgan fingerprint density at radius 1 is 1.35 bits per heavy atom. The standard InChI is InChI=1S/C14H18O2S/c1-10-6-7-17-13(10)14(8-16-9-14)11-2-4-12(15)5-3-11/h6-7,11H,2-5,8-9H2,1H3. The van der Waals surface area contributed by atoms with Gasteiger partial charge in [0.05, 0.1) is 18.6 Å². The first-order valence-corrected chi connectivity index (χ1v) is 7.24. The average Bonchev–Trinajstić information content (AvgIpc) is 2.67. The minimum absolute atomic E-state index is 0.235. The van der Waals surface area contributed by atoms with Gasteiger partial charge in [0.25, 0.3) is 0 Å². The summed E-state index contributed by atoms with van der Waals surface area (Å²) in [5.74, 6) is 1.09. The number of hydrogen-bond acceptors (Lipinski definition) is 3. The van der Waals surface area contributed by atoms with Crippen LogP contribution in [0.3, 0.4) is 0 Å². The van der Waals surface area contributed by atoms with E-state index in [4.69, 9.17) is 4.74 Å². The van der Waals surface area contributed by atoms with Crippen LogP contribution >= 0.6 is 11.3 Å². The average molecular weight is 250 g/mol. The molecule has 0 atom stereocenters. The van der Waals surface area contributed by atoms with Crippen molar-refractivity contribution in [1.82, 2.24) is 0 Å². The fourth-order valence-corrected chi connectivity index (χ4v) is 4.43. The fourth-order valence-electron chi connectivity index (χ4n) is 3.25. The zero-order valence-corrected chi connectivity index (χ0v) is 11.0. The third kappa shape index (κ3) is 1.76. The number of carbonyl (C=O) groups excluding carboxylic acids is 1. The Morgan fingerprint density at radius 2 is 2.06 bits per heavy atom. The molecular formula is C14H18O2S. The largest absolute Gasteiger partial charge is 0.379 e. The van der Waals surface area contributed by atoms with Crippen LogP contribution in [0.5, 0.6) is 0 Å². The van der Waals surface area contributed by atoms with Crippen LogP contribution in [0, 0.1) is 12.8 Å². The molecule has 0 unspecified atom stereocenters. The molecule has 17 heavy (non-hydrogen) atoms. The molecule has 1 aliphatic carbocycles. The van der Waals surface area contributed by atoms with E-state index in [1.807, 2.05) is 11.3 Å². The fraction of sp³-hybridized carbons (Fsp3) is 0.643. The molecule has 2 nitrogen and oxygen atoms in total. The lowest BCUT2D eigenvalue weighted by Gasteiger charge is -2.48. The van der Waals surface area contributed by atoms with Crippen molar-refractivity contribution in [2.24, 2.45) is 5.92 Å². The molecule has 0 aromatic carbocycles. The van der Waals surface area contributed by atoms with E-state index in [1.54, 1.807) is 0 Å². The van der Waals surface area contributed by atoms with Gasteiger partial charge in [-0.2, -0.15) is 0 Å². The number of ether oxygens (including phenoxy) is 1. The summed E-state index contributed by atoms with van der Waals surface area (Å²) in [4.78, 5) is 12.9. The first-order chi connectivity index (χ1) is 8.22. The highest BCUT2D eigenvalue weighted by atomic mass is 32.1. The number of Topliss-reactive ketones (excluding diaryl/α,β-unsaturated/α-hetero) is 1. The quantitative estimate of drug-likeness (QED) is 0.806. The predicted molar refractivity (Wildman–Crippen MR) is 68.5 cm³/mol. The molecule has 1 aromatic rings. The summed E-state index contributed by atoms with van der Waals surface area (Å²) in [6.07, 6.45) is 3.66. The lowest BCUT2D eigenvalue weighted by atomic mass is 9.66. The molecule has 1 aliphatic heterocycles. The second-order valence-electron chi connectivity index (χ2n) is 5.39. The Hall–Kier alpha value is -0.670. The van der Waals surface area contributed by atoms with Crippen molar-refractivity contribution < 1.29 is 9.53 Å². The van der Waals surface area contributed by atoms with Crippen molar-refractivity contribution in [1.29, 1.82) is 0 Å². The number of rotatable bonds is 2. The van der Waals surface area contributed by atoms with E-state index in [2.05, 4.69) is 18.4 Å². The van der Waals surface area contributed by atoms with Crippen LogP contribution in [0.25, 0.3) is 0 Å². The van der Waals surface area contributed by atoms with Gasteiger partial charge in [-0.15, -0.1) is 11.3 Å². The smallest absolute Gasteiger partial charge is 0.132 e. The molecule has 2 fully saturated rings. The van der Waals surface area contributed by atoms with Gasteiger partial charge in [-0.3, -0.25) is 4.79 Å². The lowest BCUT2D eigenvalue weighted by Crippen LogP contribution is -2.53. The highest BCUT2D eigenvalue weighted by Gasteiger charge is 2.49. The van der Waals surface area contributed by atoms with Gasteiger partial charge in [0.2, 0.25) is 0 Å². The van der Waals surface area contributed by atoms with Gasteiger partial charge >= 0.3 is 0 Å². The minimum Gasteiger partial charge on any atom is -0.379 e. The first-order valence-electron chi connectivity index (χ1n) is 6.36. The summed E-state index contributed by atoms with van der Waals surface area (Å²) < 4.78 is 5.52. The lowest BCUT2D eigenvalue weighted by molar-refractivity contribution is -0.126. The molecule has 1 saturated heterocycles. The topological polar surface area (TPSA) is 26.3 Å². The Kier molecular flexibility index (Phi) is 2.83. The van der Waals surface area contributed by atoms with E-state index in [9.17, 15) is 4.79 Å². The summed E-state index contributed by atoms with van der Waals surface area (Å²) >= 11 is 1.86. The Labute approximate surface area is 106 Å². The molecule has 0 amide bonds. The van der Waals surface area contributed by atoms with Crippen LogP contribution in [-0.4, -0.2) is 19.0 Å². The van der Waals surface area contributed by atoms with Gasteiger partial charge in [-0.05, 0) is 42.7 Å². The molecular weight excluding hydrogens is 232 g/mol. The molecule has 1 saturated carbocycles. The van der Waals surface area contributed by atoms with Crippen LogP contribution in [-0.2, 0) is 14.9 Å². The maximum Gasteiger partial charge on any atom is 0.132 e. The van der Waals surface area contributed by atoms with Crippen molar-refractivity contribution in [2.45, 2.75) is 38.0 Å². The first kappa shape index (κ1) is 11.4. The predicted octanol–water partition coefficient (Wildman–Crippen LogP) is 3.08. The van der Waals surface area contributed by atoms with Crippen LogP contribution in [0.1, 0.15) is 36.1 Å². The van der Waals surface area contributed by atoms with Gasteiger partial charge in [-0.1, -0.05) is 0 Å². The van der Waals surface area contributed by atoms with Crippen LogP contribution < -0.4 is 0 Å². The van der Waals surface area contributed by atoms with Crippen molar-refractivity contribution >= 4 is 17.1 Å². The van der Waals surface area contributed by atoms with E-state index < -0.39 is 0 Å². The molecule has 0 radical (unpaired) electrons. The summed E-state index contributed by atoms with van der Waals surface area (Å²) in [7, 11) is 0. The van der Waals surface area contributed by atoms with Crippen LogP contribution in [0.4, 0.5) is 0 Å². The number of ketones is 1. The second-order valence-corrected chi connectivity index (χ2v) is 6.31. The third-order valence-electron chi connectivity index (χ3n) is 4.36. The van der Waals surface area contributed by atoms with E-state index in [-0.39, 0.29) is 5.41 Å². The van der Waals surface area contributed by atoms with Crippen LogP contribution in [0.15, 0.2) is 11.4 Å². The summed E-state index contributed by atoms with van der Waals surface area (Å²) in [6, 6.07) is 2.20. The molecule has 92 valence electrons. The van der Waals surface area contributed by atoms with Crippen molar-refractivity contribution in [3.8, 4) is 0 Å². The van der Waals surface area contributed by atoms with Gasteiger partial charge in [-0.25, -0.2) is 0 Å². The van der Waals surface area contributed by atoms with E-state index in [0.29, 0.717) is 11.7 Å². The summed E-state index contributed by atoms with van der Waals surface area (Å²) in [5.41, 5.74) is 1.63. The Bertz CT molecular complexity index is 421. The maximum atomic E-state index is 11.4. The zero-order valence-electron chi connectivity index (χ0n) is 10.2. The molecule has 3 heteroatoms. The number of carbonyl (C=O) groups is 1. The summed E-state index contributed by atoms with van der Waals surface area (Å²) in [6.45, 7) is 3.90. The van der Waals surface area contributed by atoms with Crippen molar-refractivity contribution in [3.63, 3.8) is 0 Å². The molecule has 0 spiro atoms. The van der Waals surface area contributed by atoms with Gasteiger partial charge in [0.1, 0.15) is 5.78 Å².